The SMILES string of the molecule is CCOC(=O)COc1c(Br)cc(/C=C2/NC(=O)NC2=O)cc1OC. The molecule has 24 heavy (non-hydrogen) atoms. The number of carbonyl (C=O) groups excluding carboxylic acids is 3. The summed E-state index contributed by atoms with van der Waals surface area (Å²) in [5.41, 5.74) is 0.712. The van der Waals surface area contributed by atoms with Gasteiger partial charge in [0, 0.05) is 0 Å². The summed E-state index contributed by atoms with van der Waals surface area (Å²) in [4.78, 5) is 34.1. The van der Waals surface area contributed by atoms with E-state index in [1.165, 1.54) is 13.2 Å². The van der Waals surface area contributed by atoms with Gasteiger partial charge in [-0.25, -0.2) is 9.59 Å². The number of rotatable bonds is 6. The van der Waals surface area contributed by atoms with E-state index in [-0.39, 0.29) is 18.9 Å². The van der Waals surface area contributed by atoms with Gasteiger partial charge in [-0.15, -0.1) is 0 Å². The summed E-state index contributed by atoms with van der Waals surface area (Å²) in [7, 11) is 1.44. The lowest BCUT2D eigenvalue weighted by Gasteiger charge is -2.13. The van der Waals surface area contributed by atoms with Gasteiger partial charge in [0.25, 0.3) is 5.91 Å². The number of imide groups is 1. The highest BCUT2D eigenvalue weighted by molar-refractivity contribution is 9.10. The Morgan fingerprint density at radius 2 is 2.04 bits per heavy atom. The molecular weight excluding hydrogens is 384 g/mol. The van der Waals surface area contributed by atoms with Gasteiger partial charge in [-0.2, -0.15) is 0 Å². The van der Waals surface area contributed by atoms with Gasteiger partial charge < -0.3 is 19.5 Å². The molecule has 1 aliphatic rings. The van der Waals surface area contributed by atoms with E-state index in [9.17, 15) is 14.4 Å². The van der Waals surface area contributed by atoms with Crippen LogP contribution in [0, 0.1) is 0 Å². The largest absolute Gasteiger partial charge is 0.493 e. The maximum absolute atomic E-state index is 11.6. The van der Waals surface area contributed by atoms with Crippen LogP contribution < -0.4 is 20.1 Å². The normalized spacial score (nSPS) is 15.0. The third-order valence-corrected chi connectivity index (χ3v) is 3.51. The fourth-order valence-electron chi connectivity index (χ4n) is 1.95. The summed E-state index contributed by atoms with van der Waals surface area (Å²) in [5.74, 6) is -0.335. The van der Waals surface area contributed by atoms with Crippen LogP contribution in [0.1, 0.15) is 12.5 Å². The molecule has 1 heterocycles. The van der Waals surface area contributed by atoms with Crippen molar-refractivity contribution >= 4 is 39.9 Å². The zero-order chi connectivity index (χ0) is 17.7. The smallest absolute Gasteiger partial charge is 0.344 e. The number of amides is 3. The van der Waals surface area contributed by atoms with Crippen LogP contribution >= 0.6 is 15.9 Å². The molecule has 2 rings (SSSR count). The Bertz CT molecular complexity index is 716. The monoisotopic (exact) mass is 398 g/mol. The topological polar surface area (TPSA) is 103 Å². The highest BCUT2D eigenvalue weighted by atomic mass is 79.9. The lowest BCUT2D eigenvalue weighted by Crippen LogP contribution is -2.22. The first-order valence-corrected chi connectivity index (χ1v) is 7.74. The van der Waals surface area contributed by atoms with E-state index < -0.39 is 17.9 Å². The molecule has 0 radical (unpaired) electrons. The van der Waals surface area contributed by atoms with E-state index in [0.29, 0.717) is 21.5 Å². The second-order valence-corrected chi connectivity index (χ2v) is 5.45. The Balaban J connectivity index is 2.24. The van der Waals surface area contributed by atoms with Crippen molar-refractivity contribution < 1.29 is 28.6 Å². The summed E-state index contributed by atoms with van der Waals surface area (Å²) in [6.45, 7) is 1.71. The number of hydrogen-bond donors (Lipinski definition) is 2. The number of halogens is 1. The fraction of sp³-hybridized carbons (Fsp3) is 0.267. The van der Waals surface area contributed by atoms with E-state index in [1.54, 1.807) is 19.1 Å². The predicted molar refractivity (Wildman–Crippen MR) is 87.5 cm³/mol. The number of urea groups is 1. The molecule has 0 unspecified atom stereocenters. The maximum atomic E-state index is 11.6. The van der Waals surface area contributed by atoms with Crippen molar-refractivity contribution in [2.75, 3.05) is 20.3 Å². The molecule has 0 spiro atoms. The van der Waals surface area contributed by atoms with Crippen LogP contribution in [0.2, 0.25) is 0 Å². The van der Waals surface area contributed by atoms with Crippen LogP contribution in [0.3, 0.4) is 0 Å². The van der Waals surface area contributed by atoms with Crippen molar-refractivity contribution in [1.82, 2.24) is 10.6 Å². The van der Waals surface area contributed by atoms with Gasteiger partial charge in [0.15, 0.2) is 18.1 Å². The highest BCUT2D eigenvalue weighted by Crippen LogP contribution is 2.37. The standard InChI is InChI=1S/C15H15BrN2O6/c1-3-23-12(19)7-24-13-9(16)4-8(6-11(13)22-2)5-10-14(20)18-15(21)17-10/h4-6H,3,7H2,1-2H3,(H2,17,18,20,21)/b10-5+. The predicted octanol–water partition coefficient (Wildman–Crippen LogP) is 1.58. The molecule has 0 aliphatic carbocycles. The third-order valence-electron chi connectivity index (χ3n) is 2.92. The number of methoxy groups -OCH3 is 1. The van der Waals surface area contributed by atoms with Crippen LogP contribution in [-0.2, 0) is 14.3 Å². The van der Waals surface area contributed by atoms with Crippen molar-refractivity contribution in [3.05, 3.63) is 27.9 Å². The maximum Gasteiger partial charge on any atom is 0.344 e. The van der Waals surface area contributed by atoms with Gasteiger partial charge in [-0.1, -0.05) is 0 Å². The summed E-state index contributed by atoms with van der Waals surface area (Å²) in [6, 6.07) is 2.69. The van der Waals surface area contributed by atoms with Crippen LogP contribution in [0.15, 0.2) is 22.3 Å². The quantitative estimate of drug-likeness (QED) is 0.428. The summed E-state index contributed by atoms with van der Waals surface area (Å²) < 4.78 is 16.0. The number of esters is 1. The zero-order valence-electron chi connectivity index (χ0n) is 13.0. The number of ether oxygens (including phenoxy) is 3. The van der Waals surface area contributed by atoms with Gasteiger partial charge in [0.1, 0.15) is 5.70 Å². The first-order chi connectivity index (χ1) is 11.4. The molecule has 1 aromatic rings. The van der Waals surface area contributed by atoms with Crippen LogP contribution in [0.4, 0.5) is 4.79 Å². The first kappa shape index (κ1) is 17.8. The van der Waals surface area contributed by atoms with Gasteiger partial charge in [-0.05, 0) is 46.6 Å². The second-order valence-electron chi connectivity index (χ2n) is 4.59. The van der Waals surface area contributed by atoms with E-state index in [1.807, 2.05) is 0 Å². The van der Waals surface area contributed by atoms with Crippen LogP contribution in [0.25, 0.3) is 6.08 Å². The molecule has 0 bridgehead atoms. The Labute approximate surface area is 146 Å². The average molecular weight is 399 g/mol. The second kappa shape index (κ2) is 7.82. The first-order valence-electron chi connectivity index (χ1n) is 6.94. The Hall–Kier alpha value is -2.55. The van der Waals surface area contributed by atoms with Crippen molar-refractivity contribution in [1.29, 1.82) is 0 Å². The van der Waals surface area contributed by atoms with Gasteiger partial charge in [0.2, 0.25) is 0 Å². The lowest BCUT2D eigenvalue weighted by molar-refractivity contribution is -0.145. The molecule has 0 aromatic heterocycles. The van der Waals surface area contributed by atoms with Crippen LogP contribution in [-0.4, -0.2) is 38.2 Å². The fourth-order valence-corrected chi connectivity index (χ4v) is 2.52. The van der Waals surface area contributed by atoms with Crippen molar-refractivity contribution in [3.63, 3.8) is 0 Å². The molecule has 2 N–H and O–H groups in total. The third kappa shape index (κ3) is 4.25. The Morgan fingerprint density at radius 3 is 2.62 bits per heavy atom. The summed E-state index contributed by atoms with van der Waals surface area (Å²) in [5, 5.41) is 4.50. The minimum atomic E-state index is -0.577. The molecular formula is C15H15BrN2O6. The van der Waals surface area contributed by atoms with Gasteiger partial charge in [-0.3, -0.25) is 10.1 Å². The minimum Gasteiger partial charge on any atom is -0.493 e. The molecule has 8 nitrogen and oxygen atoms in total. The van der Waals surface area contributed by atoms with E-state index in [2.05, 4.69) is 26.6 Å². The molecule has 0 atom stereocenters. The lowest BCUT2D eigenvalue weighted by atomic mass is 10.1. The molecule has 1 saturated heterocycles. The van der Waals surface area contributed by atoms with E-state index in [0.717, 1.165) is 0 Å². The molecule has 1 aromatic carbocycles. The number of benzene rings is 1. The molecule has 1 fully saturated rings. The molecule has 9 heteroatoms. The van der Waals surface area contributed by atoms with E-state index >= 15 is 0 Å². The molecule has 1 aliphatic heterocycles. The number of nitrogens with one attached hydrogen (secondary N) is 2. The highest BCUT2D eigenvalue weighted by Gasteiger charge is 2.23. The van der Waals surface area contributed by atoms with Crippen molar-refractivity contribution in [2.24, 2.45) is 0 Å². The zero-order valence-corrected chi connectivity index (χ0v) is 14.6. The summed E-state index contributed by atoms with van der Waals surface area (Å²) >= 11 is 3.33. The number of carbonyl (C=O) groups is 3. The van der Waals surface area contributed by atoms with Gasteiger partial charge >= 0.3 is 12.0 Å². The Morgan fingerprint density at radius 1 is 1.29 bits per heavy atom. The summed E-state index contributed by atoms with van der Waals surface area (Å²) in [6.07, 6.45) is 1.49. The van der Waals surface area contributed by atoms with Gasteiger partial charge in [0.05, 0.1) is 18.2 Å². The minimum absolute atomic E-state index is 0.120. The van der Waals surface area contributed by atoms with Crippen molar-refractivity contribution in [2.45, 2.75) is 6.92 Å². The number of hydrogen-bond acceptors (Lipinski definition) is 6. The van der Waals surface area contributed by atoms with E-state index in [4.69, 9.17) is 14.2 Å². The van der Waals surface area contributed by atoms with Crippen LogP contribution in [0.5, 0.6) is 11.5 Å². The molecule has 0 saturated carbocycles. The Kier molecular flexibility index (Phi) is 5.80. The average Bonchev–Trinajstić information content (AvgIpc) is 2.83. The molecule has 128 valence electrons. The van der Waals surface area contributed by atoms with Crippen molar-refractivity contribution in [3.8, 4) is 11.5 Å². The molecule has 3 amide bonds.